The summed E-state index contributed by atoms with van der Waals surface area (Å²) < 4.78 is 5.22. The fraction of sp³-hybridized carbons (Fsp3) is 0.762. The summed E-state index contributed by atoms with van der Waals surface area (Å²) in [5, 5.41) is 10.7. The van der Waals surface area contributed by atoms with E-state index in [1.807, 2.05) is 0 Å². The number of esters is 1. The van der Waals surface area contributed by atoms with Gasteiger partial charge < -0.3 is 9.84 Å². The first kappa shape index (κ1) is 17.7. The van der Waals surface area contributed by atoms with E-state index in [-0.39, 0.29) is 17.3 Å². The number of rotatable bonds is 4. The van der Waals surface area contributed by atoms with Crippen LogP contribution >= 0.6 is 0 Å². The van der Waals surface area contributed by atoms with E-state index in [1.165, 1.54) is 0 Å². The Hall–Kier alpha value is -1.09. The number of aliphatic hydroxyl groups is 1. The minimum absolute atomic E-state index is 0.150. The Labute approximate surface area is 146 Å². The third-order valence-electron chi connectivity index (χ3n) is 7.19. The molecule has 1 unspecified atom stereocenters. The monoisotopic (exact) mass is 332 g/mol. The van der Waals surface area contributed by atoms with Gasteiger partial charge in [-0.2, -0.15) is 0 Å². The molecule has 0 bridgehead atoms. The molecule has 3 nitrogen and oxygen atoms in total. The number of fused-ring (bicyclic) bond motifs is 3. The lowest BCUT2D eigenvalue weighted by atomic mass is 9.60. The second-order valence-corrected chi connectivity index (χ2v) is 8.89. The van der Waals surface area contributed by atoms with Crippen molar-refractivity contribution < 1.29 is 14.6 Å². The molecule has 3 heteroatoms. The Balaban J connectivity index is 1.80. The number of carbonyl (C=O) groups is 1. The lowest BCUT2D eigenvalue weighted by molar-refractivity contribution is -0.196. The molecule has 0 saturated heterocycles. The maximum Gasteiger partial charge on any atom is 0.333 e. The van der Waals surface area contributed by atoms with Gasteiger partial charge in [0, 0.05) is 18.1 Å². The third-order valence-corrected chi connectivity index (χ3v) is 7.19. The molecule has 0 aromatic carbocycles. The van der Waals surface area contributed by atoms with E-state index in [1.54, 1.807) is 6.08 Å². The zero-order valence-electron chi connectivity index (χ0n) is 15.7. The van der Waals surface area contributed by atoms with Crippen LogP contribution in [0.3, 0.4) is 0 Å². The predicted octanol–water partition coefficient (Wildman–Crippen LogP) is 4.47. The van der Waals surface area contributed by atoms with Crippen molar-refractivity contribution in [1.29, 1.82) is 0 Å². The molecule has 1 N–H and O–H groups in total. The van der Waals surface area contributed by atoms with E-state index >= 15 is 0 Å². The maximum absolute atomic E-state index is 11.7. The Kier molecular flexibility index (Phi) is 4.44. The van der Waals surface area contributed by atoms with Crippen LogP contribution in [-0.2, 0) is 9.53 Å². The Morgan fingerprint density at radius 2 is 1.92 bits per heavy atom. The van der Waals surface area contributed by atoms with E-state index < -0.39 is 5.79 Å². The highest BCUT2D eigenvalue weighted by molar-refractivity contribution is 5.86. The van der Waals surface area contributed by atoms with Crippen LogP contribution in [0.1, 0.15) is 60.3 Å². The van der Waals surface area contributed by atoms with Crippen molar-refractivity contribution in [1.82, 2.24) is 0 Å². The predicted molar refractivity (Wildman–Crippen MR) is 95.0 cm³/mol. The average molecular weight is 332 g/mol. The normalized spacial score (nSPS) is 41.1. The first-order valence-corrected chi connectivity index (χ1v) is 9.53. The zero-order valence-corrected chi connectivity index (χ0v) is 15.7. The molecule has 2 aliphatic carbocycles. The van der Waals surface area contributed by atoms with Crippen molar-refractivity contribution in [2.24, 2.45) is 35.0 Å². The molecular formula is C21H32O3. The van der Waals surface area contributed by atoms with Gasteiger partial charge in [0.05, 0.1) is 0 Å². The van der Waals surface area contributed by atoms with Gasteiger partial charge in [-0.3, -0.25) is 0 Å². The summed E-state index contributed by atoms with van der Waals surface area (Å²) in [7, 11) is 0. The second-order valence-electron chi connectivity index (χ2n) is 8.89. The van der Waals surface area contributed by atoms with E-state index in [2.05, 4.69) is 46.8 Å². The number of hydrogen-bond donors (Lipinski definition) is 1. The van der Waals surface area contributed by atoms with Gasteiger partial charge in [-0.05, 0) is 54.3 Å². The van der Waals surface area contributed by atoms with E-state index in [0.29, 0.717) is 30.1 Å². The zero-order chi connectivity index (χ0) is 17.7. The Morgan fingerprint density at radius 3 is 2.58 bits per heavy atom. The lowest BCUT2D eigenvalue weighted by Crippen LogP contribution is -2.46. The lowest BCUT2D eigenvalue weighted by Gasteiger charge is -2.47. The van der Waals surface area contributed by atoms with Crippen LogP contribution in [0.25, 0.3) is 0 Å². The van der Waals surface area contributed by atoms with Gasteiger partial charge in [0.15, 0.2) is 0 Å². The van der Waals surface area contributed by atoms with Crippen molar-refractivity contribution >= 4 is 5.97 Å². The van der Waals surface area contributed by atoms with Crippen LogP contribution in [0.15, 0.2) is 23.8 Å². The van der Waals surface area contributed by atoms with Crippen LogP contribution in [0.2, 0.25) is 0 Å². The molecule has 0 amide bonds. The molecule has 134 valence electrons. The van der Waals surface area contributed by atoms with Crippen LogP contribution in [0, 0.1) is 35.0 Å². The number of carbonyl (C=O) groups excluding carboxylic acids is 1. The smallest absolute Gasteiger partial charge is 0.333 e. The topological polar surface area (TPSA) is 46.5 Å². The molecule has 3 aliphatic rings. The summed E-state index contributed by atoms with van der Waals surface area (Å²) in [6.45, 7) is 11.5. The van der Waals surface area contributed by atoms with Crippen molar-refractivity contribution in [3.63, 3.8) is 0 Å². The van der Waals surface area contributed by atoms with Gasteiger partial charge in [0.25, 0.3) is 0 Å². The largest absolute Gasteiger partial charge is 0.426 e. The molecular weight excluding hydrogens is 300 g/mol. The van der Waals surface area contributed by atoms with Gasteiger partial charge in [0.1, 0.15) is 0 Å². The highest BCUT2D eigenvalue weighted by Crippen LogP contribution is 2.62. The van der Waals surface area contributed by atoms with Crippen LogP contribution < -0.4 is 0 Å². The van der Waals surface area contributed by atoms with E-state index in [0.717, 1.165) is 24.8 Å². The maximum atomic E-state index is 11.7. The summed E-state index contributed by atoms with van der Waals surface area (Å²) in [5.74, 6) is 0.950. The van der Waals surface area contributed by atoms with Gasteiger partial charge in [-0.25, -0.2) is 4.79 Å². The molecule has 3 rings (SSSR count). The first-order chi connectivity index (χ1) is 11.2. The highest BCUT2D eigenvalue weighted by atomic mass is 16.7. The first-order valence-electron chi connectivity index (χ1n) is 9.53. The number of allylic oxidation sites excluding steroid dienone is 2. The van der Waals surface area contributed by atoms with Crippen LogP contribution in [0.4, 0.5) is 0 Å². The van der Waals surface area contributed by atoms with Crippen molar-refractivity contribution in [2.75, 3.05) is 0 Å². The Morgan fingerprint density at radius 1 is 1.21 bits per heavy atom. The van der Waals surface area contributed by atoms with Crippen molar-refractivity contribution in [3.05, 3.63) is 23.8 Å². The molecule has 1 heterocycles. The summed E-state index contributed by atoms with van der Waals surface area (Å²) in [6, 6.07) is 0. The van der Waals surface area contributed by atoms with Crippen LogP contribution in [-0.4, -0.2) is 16.9 Å². The second kappa shape index (κ2) is 6.01. The quantitative estimate of drug-likeness (QED) is 0.610. The summed E-state index contributed by atoms with van der Waals surface area (Å²) in [5.41, 5.74) is 0.993. The van der Waals surface area contributed by atoms with E-state index in [9.17, 15) is 9.90 Å². The SMILES string of the molecule is CC(C)[C@H](C)/C=C/[C@@H](C)[C@H]1CCC2C3=CC(=O)O[C@@]3(O)CC[C@@]21C. The molecule has 0 spiro atoms. The summed E-state index contributed by atoms with van der Waals surface area (Å²) in [4.78, 5) is 11.7. The molecule has 0 aromatic rings. The van der Waals surface area contributed by atoms with E-state index in [4.69, 9.17) is 4.74 Å². The van der Waals surface area contributed by atoms with Gasteiger partial charge in [-0.1, -0.05) is 46.8 Å². The molecule has 2 saturated carbocycles. The summed E-state index contributed by atoms with van der Waals surface area (Å²) in [6.07, 6.45) is 9.98. The fourth-order valence-electron chi connectivity index (χ4n) is 5.21. The average Bonchev–Trinajstić information content (AvgIpc) is 3.00. The minimum Gasteiger partial charge on any atom is -0.426 e. The number of hydrogen-bond acceptors (Lipinski definition) is 3. The Bertz CT molecular complexity index is 576. The van der Waals surface area contributed by atoms with Crippen molar-refractivity contribution in [2.45, 2.75) is 66.1 Å². The third kappa shape index (κ3) is 2.75. The molecule has 24 heavy (non-hydrogen) atoms. The highest BCUT2D eigenvalue weighted by Gasteiger charge is 2.59. The van der Waals surface area contributed by atoms with Gasteiger partial charge >= 0.3 is 5.97 Å². The van der Waals surface area contributed by atoms with Gasteiger partial charge in [0.2, 0.25) is 5.79 Å². The molecule has 0 radical (unpaired) electrons. The molecule has 6 atom stereocenters. The van der Waals surface area contributed by atoms with Crippen molar-refractivity contribution in [3.8, 4) is 0 Å². The number of ether oxygens (including phenoxy) is 1. The fourth-order valence-corrected chi connectivity index (χ4v) is 5.21. The van der Waals surface area contributed by atoms with Crippen LogP contribution in [0.5, 0.6) is 0 Å². The van der Waals surface area contributed by atoms with Gasteiger partial charge in [-0.15, -0.1) is 0 Å². The molecule has 0 aromatic heterocycles. The standard InChI is InChI=1S/C21H32O3/c1-13(2)14(3)6-7-15(4)16-8-9-17-18-12-19(22)24-21(18,23)11-10-20(16,17)5/h6-7,12-17,23H,8-11H2,1-5H3/b7-6+/t14-,15-,16-,17?,20-,21+/m1/s1. The molecule has 2 fully saturated rings. The minimum atomic E-state index is -1.32. The molecule has 1 aliphatic heterocycles. The summed E-state index contributed by atoms with van der Waals surface area (Å²) >= 11 is 0.